The molecule has 1 aliphatic heterocycles. The fourth-order valence-corrected chi connectivity index (χ4v) is 4.02. The molecule has 1 saturated heterocycles. The van der Waals surface area contributed by atoms with Gasteiger partial charge < -0.3 is 19.5 Å². The summed E-state index contributed by atoms with van der Waals surface area (Å²) >= 11 is 0. The Balaban J connectivity index is 1.44. The molecule has 4 rings (SSSR count). The minimum absolute atomic E-state index is 0.155. The van der Waals surface area contributed by atoms with Gasteiger partial charge in [-0.1, -0.05) is 0 Å². The third-order valence-corrected chi connectivity index (χ3v) is 5.54. The van der Waals surface area contributed by atoms with Crippen molar-refractivity contribution in [2.75, 3.05) is 44.7 Å². The minimum Gasteiger partial charge on any atom is -0.497 e. The molecule has 1 aliphatic rings. The van der Waals surface area contributed by atoms with E-state index in [1.165, 1.54) is 17.0 Å². The lowest BCUT2D eigenvalue weighted by atomic mass is 10.1. The number of fused-ring (bicyclic) bond motifs is 1. The highest BCUT2D eigenvalue weighted by Gasteiger charge is 2.25. The van der Waals surface area contributed by atoms with Crippen LogP contribution in [-0.4, -0.2) is 50.6 Å². The molecule has 6 heteroatoms. The van der Waals surface area contributed by atoms with Gasteiger partial charge in [-0.25, -0.2) is 4.39 Å². The van der Waals surface area contributed by atoms with Crippen LogP contribution in [0.25, 0.3) is 10.9 Å². The molecule has 1 aromatic heterocycles. The van der Waals surface area contributed by atoms with E-state index in [4.69, 9.17) is 4.74 Å². The van der Waals surface area contributed by atoms with E-state index >= 15 is 0 Å². The summed E-state index contributed by atoms with van der Waals surface area (Å²) in [5.74, 6) is 0.687. The fraction of sp³-hybridized carbons (Fsp3) is 0.318. The third kappa shape index (κ3) is 3.60. The number of nitrogens with zero attached hydrogens (tertiary/aromatic N) is 1. The van der Waals surface area contributed by atoms with Crippen molar-refractivity contribution in [1.29, 1.82) is 0 Å². The Morgan fingerprint density at radius 1 is 1.18 bits per heavy atom. The van der Waals surface area contributed by atoms with Gasteiger partial charge in [0.2, 0.25) is 5.78 Å². The van der Waals surface area contributed by atoms with Crippen LogP contribution in [0.3, 0.4) is 0 Å². The maximum atomic E-state index is 13.1. The number of carbonyl (C=O) groups is 1. The number of piperazine rings is 1. The zero-order valence-corrected chi connectivity index (χ0v) is 16.2. The summed E-state index contributed by atoms with van der Waals surface area (Å²) in [6.07, 6.45) is 0. The molecule has 0 aliphatic carbocycles. The number of anilines is 1. The number of hydrogen-bond acceptors (Lipinski definition) is 3. The second kappa shape index (κ2) is 7.64. The summed E-state index contributed by atoms with van der Waals surface area (Å²) in [5, 5.41) is 0.922. The maximum Gasteiger partial charge on any atom is 0.219 e. The molecule has 0 bridgehead atoms. The summed E-state index contributed by atoms with van der Waals surface area (Å²) in [7, 11) is 1.63. The highest BCUT2D eigenvalue weighted by molar-refractivity contribution is 6.10. The molecule has 2 aromatic carbocycles. The van der Waals surface area contributed by atoms with E-state index in [9.17, 15) is 9.18 Å². The van der Waals surface area contributed by atoms with Crippen LogP contribution in [0.2, 0.25) is 0 Å². The zero-order valence-electron chi connectivity index (χ0n) is 16.2. The maximum absolute atomic E-state index is 13.1. The van der Waals surface area contributed by atoms with Gasteiger partial charge in [0.1, 0.15) is 18.1 Å². The smallest absolute Gasteiger partial charge is 0.219 e. The number of aromatic nitrogens is 1. The first-order chi connectivity index (χ1) is 13.5. The summed E-state index contributed by atoms with van der Waals surface area (Å²) in [5.41, 5.74) is 3.66. The van der Waals surface area contributed by atoms with Crippen molar-refractivity contribution in [2.45, 2.75) is 6.92 Å². The van der Waals surface area contributed by atoms with Gasteiger partial charge in [-0.05, 0) is 49.4 Å². The molecule has 0 unspecified atom stereocenters. The first kappa shape index (κ1) is 18.5. The number of rotatable bonds is 5. The van der Waals surface area contributed by atoms with Crippen molar-refractivity contribution >= 4 is 22.4 Å². The van der Waals surface area contributed by atoms with Crippen molar-refractivity contribution in [2.24, 2.45) is 0 Å². The third-order valence-electron chi connectivity index (χ3n) is 5.54. The number of nitrogens with one attached hydrogen (secondary N) is 2. The molecule has 28 heavy (non-hydrogen) atoms. The second-order valence-corrected chi connectivity index (χ2v) is 7.35. The molecule has 146 valence electrons. The highest BCUT2D eigenvalue weighted by Crippen LogP contribution is 2.26. The molecule has 5 nitrogen and oxygen atoms in total. The van der Waals surface area contributed by atoms with E-state index in [0.717, 1.165) is 59.8 Å². The van der Waals surface area contributed by atoms with Gasteiger partial charge in [-0.15, -0.1) is 0 Å². The predicted molar refractivity (Wildman–Crippen MR) is 108 cm³/mol. The van der Waals surface area contributed by atoms with Gasteiger partial charge in [0.15, 0.2) is 0 Å². The number of ether oxygens (including phenoxy) is 1. The summed E-state index contributed by atoms with van der Waals surface area (Å²) < 4.78 is 18.4. The van der Waals surface area contributed by atoms with E-state index in [1.54, 1.807) is 7.11 Å². The largest absolute Gasteiger partial charge is 0.497 e. The van der Waals surface area contributed by atoms with E-state index in [2.05, 4.69) is 9.88 Å². The van der Waals surface area contributed by atoms with Gasteiger partial charge >= 0.3 is 0 Å². The summed E-state index contributed by atoms with van der Waals surface area (Å²) in [6.45, 7) is 5.90. The SMILES string of the molecule is COc1ccc2[nH]c(C)c(C(=O)C[NH+]3CCN(c4ccc(F)cc4)CC3)c2c1. The van der Waals surface area contributed by atoms with Crippen LogP contribution in [-0.2, 0) is 0 Å². The highest BCUT2D eigenvalue weighted by atomic mass is 19.1. The predicted octanol–water partition coefficient (Wildman–Crippen LogP) is 2.21. The number of Topliss-reactive ketones (excluding diaryl/α,β-unsaturated/α-hetero) is 1. The molecule has 2 N–H and O–H groups in total. The molecule has 0 amide bonds. The van der Waals surface area contributed by atoms with Crippen molar-refractivity contribution in [3.05, 3.63) is 59.5 Å². The standard InChI is InChI=1S/C22H24FN3O2/c1-15-22(19-13-18(28-2)7-8-20(19)24-15)21(27)14-25-9-11-26(12-10-25)17-5-3-16(23)4-6-17/h3-8,13,24H,9-12,14H2,1-2H3/p+1. The number of benzene rings is 2. The van der Waals surface area contributed by atoms with Crippen molar-refractivity contribution in [3.63, 3.8) is 0 Å². The number of hydrogen-bond donors (Lipinski definition) is 2. The zero-order chi connectivity index (χ0) is 19.7. The van der Waals surface area contributed by atoms with Gasteiger partial charge in [-0.3, -0.25) is 4.79 Å². The summed E-state index contributed by atoms with van der Waals surface area (Å²) in [6, 6.07) is 12.4. The number of H-pyrrole nitrogens is 1. The average Bonchev–Trinajstić information content (AvgIpc) is 3.04. The Bertz CT molecular complexity index is 989. The van der Waals surface area contributed by atoms with E-state index in [-0.39, 0.29) is 11.6 Å². The number of aryl methyl sites for hydroxylation is 1. The molecule has 1 fully saturated rings. The molecule has 0 radical (unpaired) electrons. The van der Waals surface area contributed by atoms with Gasteiger partial charge in [0.25, 0.3) is 0 Å². The van der Waals surface area contributed by atoms with Crippen LogP contribution in [0.1, 0.15) is 16.1 Å². The van der Waals surface area contributed by atoms with Gasteiger partial charge in [0.05, 0.1) is 38.9 Å². The van der Waals surface area contributed by atoms with Crippen molar-refractivity contribution < 1.29 is 18.8 Å². The Morgan fingerprint density at radius 2 is 1.89 bits per heavy atom. The summed E-state index contributed by atoms with van der Waals surface area (Å²) in [4.78, 5) is 19.9. The normalized spacial score (nSPS) is 15.2. The second-order valence-electron chi connectivity index (χ2n) is 7.35. The molecule has 0 saturated carbocycles. The van der Waals surface area contributed by atoms with Crippen LogP contribution < -0.4 is 14.5 Å². The Hall–Kier alpha value is -2.86. The molecular formula is C22H25FN3O2+. The van der Waals surface area contributed by atoms with Crippen molar-refractivity contribution in [1.82, 2.24) is 4.98 Å². The minimum atomic E-state index is -0.218. The number of aromatic amines is 1. The average molecular weight is 382 g/mol. The number of carbonyl (C=O) groups excluding carboxylic acids is 1. The van der Waals surface area contributed by atoms with Gasteiger partial charge in [0, 0.05) is 22.3 Å². The molecule has 0 spiro atoms. The molecule has 3 aromatic rings. The van der Waals surface area contributed by atoms with E-state index in [0.29, 0.717) is 6.54 Å². The molecular weight excluding hydrogens is 357 g/mol. The van der Waals surface area contributed by atoms with Crippen LogP contribution in [0, 0.1) is 12.7 Å². The van der Waals surface area contributed by atoms with Crippen molar-refractivity contribution in [3.8, 4) is 5.75 Å². The van der Waals surface area contributed by atoms with E-state index < -0.39 is 0 Å². The number of quaternary nitrogens is 1. The Kier molecular flexibility index (Phi) is 5.05. The topological polar surface area (TPSA) is 49.8 Å². The number of methoxy groups -OCH3 is 1. The monoisotopic (exact) mass is 382 g/mol. The number of ketones is 1. The lowest BCUT2D eigenvalue weighted by Gasteiger charge is -2.33. The molecule has 2 heterocycles. The number of halogens is 1. The first-order valence-corrected chi connectivity index (χ1v) is 9.59. The van der Waals surface area contributed by atoms with Gasteiger partial charge in [-0.2, -0.15) is 0 Å². The van der Waals surface area contributed by atoms with Crippen LogP contribution in [0.15, 0.2) is 42.5 Å². The Morgan fingerprint density at radius 3 is 2.57 bits per heavy atom. The lowest BCUT2D eigenvalue weighted by Crippen LogP contribution is -3.15. The van der Waals surface area contributed by atoms with Crippen LogP contribution in [0.4, 0.5) is 10.1 Å². The molecule has 0 atom stereocenters. The van der Waals surface area contributed by atoms with Crippen LogP contribution >= 0.6 is 0 Å². The lowest BCUT2D eigenvalue weighted by molar-refractivity contribution is -0.892. The quantitative estimate of drug-likeness (QED) is 0.666. The Labute approximate surface area is 163 Å². The first-order valence-electron chi connectivity index (χ1n) is 9.59. The van der Waals surface area contributed by atoms with Crippen LogP contribution in [0.5, 0.6) is 5.75 Å². The van der Waals surface area contributed by atoms with E-state index in [1.807, 2.05) is 37.3 Å². The fourth-order valence-electron chi connectivity index (χ4n) is 4.02.